The van der Waals surface area contributed by atoms with E-state index in [1.54, 1.807) is 7.11 Å². The second kappa shape index (κ2) is 10.1. The summed E-state index contributed by atoms with van der Waals surface area (Å²) >= 11 is 0. The first-order valence-corrected chi connectivity index (χ1v) is 9.45. The minimum absolute atomic E-state index is 0.0931. The number of rotatable bonds is 8. The van der Waals surface area contributed by atoms with Crippen LogP contribution < -0.4 is 15.4 Å². The predicted molar refractivity (Wildman–Crippen MR) is 113 cm³/mol. The number of para-hydroxylation sites is 1. The van der Waals surface area contributed by atoms with Crippen LogP contribution in [0.25, 0.3) is 0 Å². The van der Waals surface area contributed by atoms with Gasteiger partial charge in [-0.05, 0) is 17.2 Å². The maximum atomic E-state index is 12.9. The molecule has 0 aliphatic carbocycles. The molecule has 2 N–H and O–H groups in total. The molecule has 3 aromatic rings. The van der Waals surface area contributed by atoms with E-state index in [1.807, 2.05) is 84.9 Å². The van der Waals surface area contributed by atoms with Gasteiger partial charge in [-0.3, -0.25) is 9.59 Å². The normalized spacial score (nSPS) is 10.4. The molecule has 5 heteroatoms. The molecule has 5 nitrogen and oxygen atoms in total. The van der Waals surface area contributed by atoms with Gasteiger partial charge in [0, 0.05) is 12.1 Å². The number of hydrogen-bond donors (Lipinski definition) is 2. The van der Waals surface area contributed by atoms with Crippen molar-refractivity contribution in [1.29, 1.82) is 0 Å². The Morgan fingerprint density at radius 3 is 1.93 bits per heavy atom. The van der Waals surface area contributed by atoms with E-state index in [9.17, 15) is 9.59 Å². The highest BCUT2D eigenvalue weighted by Gasteiger charge is 2.22. The molecule has 0 aliphatic heterocycles. The number of amides is 2. The second-order valence-corrected chi connectivity index (χ2v) is 6.56. The molecule has 29 heavy (non-hydrogen) atoms. The van der Waals surface area contributed by atoms with E-state index in [1.165, 1.54) is 0 Å². The zero-order valence-electron chi connectivity index (χ0n) is 16.3. The van der Waals surface area contributed by atoms with Gasteiger partial charge in [0.1, 0.15) is 5.75 Å². The van der Waals surface area contributed by atoms with Crippen LogP contribution in [0.3, 0.4) is 0 Å². The maximum Gasteiger partial charge on any atom is 0.239 e. The van der Waals surface area contributed by atoms with Crippen LogP contribution >= 0.6 is 0 Å². The molecule has 0 heterocycles. The summed E-state index contributed by atoms with van der Waals surface area (Å²) in [6.45, 7) is 0.240. The Bertz CT molecular complexity index is 903. The number of carbonyl (C=O) groups is 2. The molecule has 0 aliphatic rings. The molecule has 0 unspecified atom stereocenters. The van der Waals surface area contributed by atoms with E-state index in [-0.39, 0.29) is 18.4 Å². The molecule has 0 atom stereocenters. The lowest BCUT2D eigenvalue weighted by Crippen LogP contribution is -2.39. The fourth-order valence-corrected chi connectivity index (χ4v) is 3.16. The zero-order valence-corrected chi connectivity index (χ0v) is 16.3. The van der Waals surface area contributed by atoms with E-state index in [0.29, 0.717) is 12.3 Å². The minimum atomic E-state index is -0.473. The summed E-state index contributed by atoms with van der Waals surface area (Å²) in [6.07, 6.45) is 0. The lowest BCUT2D eigenvalue weighted by molar-refractivity contribution is -0.126. The summed E-state index contributed by atoms with van der Waals surface area (Å²) in [5.74, 6) is -0.233. The number of ether oxygens (including phenoxy) is 1. The Hall–Kier alpha value is -3.60. The average molecular weight is 388 g/mol. The van der Waals surface area contributed by atoms with Crippen LogP contribution in [0.1, 0.15) is 22.6 Å². The fraction of sp³-hybridized carbons (Fsp3) is 0.167. The van der Waals surface area contributed by atoms with Crippen LogP contribution in [0.5, 0.6) is 5.75 Å². The standard InChI is InChI=1S/C24H24N2O3/c1-29-21-15-9-8-14-20(21)16-25-22(27)17-26-24(28)23(18-10-4-2-5-11-18)19-12-6-3-7-13-19/h2-15,23H,16-17H2,1H3,(H,25,27)(H,26,28). The van der Waals surface area contributed by atoms with Crippen LogP contribution in [0.4, 0.5) is 0 Å². The number of benzene rings is 3. The van der Waals surface area contributed by atoms with E-state index in [0.717, 1.165) is 16.7 Å². The highest BCUT2D eigenvalue weighted by atomic mass is 16.5. The van der Waals surface area contributed by atoms with Gasteiger partial charge in [-0.25, -0.2) is 0 Å². The molecule has 3 rings (SSSR count). The summed E-state index contributed by atoms with van der Waals surface area (Å²) in [5, 5.41) is 5.58. The Balaban J connectivity index is 1.62. The minimum Gasteiger partial charge on any atom is -0.496 e. The number of carbonyl (C=O) groups excluding carboxylic acids is 2. The van der Waals surface area contributed by atoms with E-state index in [2.05, 4.69) is 10.6 Å². The van der Waals surface area contributed by atoms with Gasteiger partial charge in [-0.1, -0.05) is 78.9 Å². The van der Waals surface area contributed by atoms with E-state index >= 15 is 0 Å². The second-order valence-electron chi connectivity index (χ2n) is 6.56. The van der Waals surface area contributed by atoms with Crippen molar-refractivity contribution >= 4 is 11.8 Å². The number of methoxy groups -OCH3 is 1. The van der Waals surface area contributed by atoms with Crippen LogP contribution in [-0.2, 0) is 16.1 Å². The first-order chi connectivity index (χ1) is 14.2. The fourth-order valence-electron chi connectivity index (χ4n) is 3.16. The quantitative estimate of drug-likeness (QED) is 0.622. The van der Waals surface area contributed by atoms with Gasteiger partial charge in [0.2, 0.25) is 11.8 Å². The highest BCUT2D eigenvalue weighted by Crippen LogP contribution is 2.24. The molecule has 3 aromatic carbocycles. The Morgan fingerprint density at radius 2 is 1.34 bits per heavy atom. The topological polar surface area (TPSA) is 67.4 Å². The van der Waals surface area contributed by atoms with Gasteiger partial charge in [-0.2, -0.15) is 0 Å². The van der Waals surface area contributed by atoms with E-state index in [4.69, 9.17) is 4.74 Å². The third kappa shape index (κ3) is 5.45. The number of nitrogens with one attached hydrogen (secondary N) is 2. The van der Waals surface area contributed by atoms with Crippen molar-refractivity contribution in [2.75, 3.05) is 13.7 Å². The third-order valence-electron chi connectivity index (χ3n) is 4.62. The Kier molecular flexibility index (Phi) is 7.00. The summed E-state index contributed by atoms with van der Waals surface area (Å²) in [6, 6.07) is 26.6. The van der Waals surface area contributed by atoms with Crippen molar-refractivity contribution in [3.8, 4) is 5.75 Å². The predicted octanol–water partition coefficient (Wildman–Crippen LogP) is 3.26. The molecular weight excluding hydrogens is 364 g/mol. The summed E-state index contributed by atoms with van der Waals surface area (Å²) in [7, 11) is 1.59. The van der Waals surface area contributed by atoms with Crippen LogP contribution in [0.2, 0.25) is 0 Å². The van der Waals surface area contributed by atoms with Gasteiger partial charge in [0.15, 0.2) is 0 Å². The molecule has 0 bridgehead atoms. The van der Waals surface area contributed by atoms with Gasteiger partial charge in [0.25, 0.3) is 0 Å². The average Bonchev–Trinajstić information content (AvgIpc) is 2.78. The zero-order chi connectivity index (χ0) is 20.5. The summed E-state index contributed by atoms with van der Waals surface area (Å²) < 4.78 is 5.28. The molecule has 0 saturated carbocycles. The van der Waals surface area contributed by atoms with Crippen LogP contribution in [0.15, 0.2) is 84.9 Å². The molecule has 0 aromatic heterocycles. The Morgan fingerprint density at radius 1 is 0.793 bits per heavy atom. The first-order valence-electron chi connectivity index (χ1n) is 9.45. The van der Waals surface area contributed by atoms with Crippen molar-refractivity contribution in [3.05, 3.63) is 102 Å². The molecule has 2 amide bonds. The lowest BCUT2D eigenvalue weighted by atomic mass is 9.90. The SMILES string of the molecule is COc1ccccc1CNC(=O)CNC(=O)C(c1ccccc1)c1ccccc1. The van der Waals surface area contributed by atoms with Crippen molar-refractivity contribution in [2.24, 2.45) is 0 Å². The molecule has 0 fully saturated rings. The van der Waals surface area contributed by atoms with Crippen molar-refractivity contribution in [1.82, 2.24) is 10.6 Å². The van der Waals surface area contributed by atoms with Gasteiger partial charge >= 0.3 is 0 Å². The number of hydrogen-bond acceptors (Lipinski definition) is 3. The summed E-state index contributed by atoms with van der Waals surface area (Å²) in [4.78, 5) is 25.2. The molecule has 0 saturated heterocycles. The molecule has 0 radical (unpaired) electrons. The van der Waals surface area contributed by atoms with Gasteiger partial charge in [-0.15, -0.1) is 0 Å². The van der Waals surface area contributed by atoms with Gasteiger partial charge in [0.05, 0.1) is 19.6 Å². The lowest BCUT2D eigenvalue weighted by Gasteiger charge is -2.18. The first kappa shape index (κ1) is 20.1. The Labute approximate surface area is 170 Å². The molecule has 0 spiro atoms. The third-order valence-corrected chi connectivity index (χ3v) is 4.62. The molecule has 148 valence electrons. The van der Waals surface area contributed by atoms with E-state index < -0.39 is 5.92 Å². The van der Waals surface area contributed by atoms with Crippen molar-refractivity contribution < 1.29 is 14.3 Å². The molecular formula is C24H24N2O3. The largest absolute Gasteiger partial charge is 0.496 e. The van der Waals surface area contributed by atoms with Crippen molar-refractivity contribution in [2.45, 2.75) is 12.5 Å². The smallest absolute Gasteiger partial charge is 0.239 e. The van der Waals surface area contributed by atoms with Crippen molar-refractivity contribution in [3.63, 3.8) is 0 Å². The van der Waals surface area contributed by atoms with Crippen LogP contribution in [-0.4, -0.2) is 25.5 Å². The van der Waals surface area contributed by atoms with Crippen LogP contribution in [0, 0.1) is 0 Å². The highest BCUT2D eigenvalue weighted by molar-refractivity contribution is 5.90. The van der Waals surface area contributed by atoms with Gasteiger partial charge < -0.3 is 15.4 Å². The maximum absolute atomic E-state index is 12.9. The monoisotopic (exact) mass is 388 g/mol. The summed E-state index contributed by atoms with van der Waals surface area (Å²) in [5.41, 5.74) is 2.64.